The molecule has 0 saturated heterocycles. The van der Waals surface area contributed by atoms with Gasteiger partial charge in [-0.1, -0.05) is 6.07 Å². The number of carbonyl (C=O) groups is 1. The summed E-state index contributed by atoms with van der Waals surface area (Å²) in [4.78, 5) is 12.1. The predicted octanol–water partition coefficient (Wildman–Crippen LogP) is 1.24. The molecule has 0 heterocycles. The van der Waals surface area contributed by atoms with Gasteiger partial charge in [-0.3, -0.25) is 4.79 Å². The van der Waals surface area contributed by atoms with Gasteiger partial charge in [0.05, 0.1) is 25.7 Å². The van der Waals surface area contributed by atoms with Gasteiger partial charge in [-0.25, -0.2) is 8.42 Å². The first-order chi connectivity index (χ1) is 10.8. The summed E-state index contributed by atoms with van der Waals surface area (Å²) in [6.07, 6.45) is 1.16. The number of anilines is 1. The summed E-state index contributed by atoms with van der Waals surface area (Å²) in [5, 5.41) is 2.75. The Bertz CT molecular complexity index is 631. The van der Waals surface area contributed by atoms with E-state index >= 15 is 0 Å². The summed E-state index contributed by atoms with van der Waals surface area (Å²) >= 11 is 0. The Morgan fingerprint density at radius 2 is 1.96 bits per heavy atom. The predicted molar refractivity (Wildman–Crippen MR) is 89.3 cm³/mol. The van der Waals surface area contributed by atoms with E-state index in [1.54, 1.807) is 12.1 Å². The van der Waals surface area contributed by atoms with E-state index in [-0.39, 0.29) is 32.0 Å². The fourth-order valence-electron chi connectivity index (χ4n) is 2.00. The number of benzene rings is 1. The van der Waals surface area contributed by atoms with Gasteiger partial charge in [-0.15, -0.1) is 0 Å². The van der Waals surface area contributed by atoms with Crippen molar-refractivity contribution in [3.63, 3.8) is 0 Å². The number of nitrogens with zero attached hydrogens (tertiary/aromatic N) is 1. The quantitative estimate of drug-likeness (QED) is 0.728. The lowest BCUT2D eigenvalue weighted by Crippen LogP contribution is -2.35. The maximum Gasteiger partial charge on any atom is 0.225 e. The number of amides is 1. The second-order valence-electron chi connectivity index (χ2n) is 5.16. The summed E-state index contributed by atoms with van der Waals surface area (Å²) in [5.41, 5.74) is 1.55. The Morgan fingerprint density at radius 1 is 1.26 bits per heavy atom. The lowest BCUT2D eigenvalue weighted by Gasteiger charge is -2.19. The van der Waals surface area contributed by atoms with Crippen molar-refractivity contribution in [1.82, 2.24) is 4.31 Å². The monoisotopic (exact) mass is 344 g/mol. The number of ether oxygens (including phenoxy) is 2. The van der Waals surface area contributed by atoms with Crippen LogP contribution in [0.3, 0.4) is 0 Å². The van der Waals surface area contributed by atoms with Crippen LogP contribution in [-0.4, -0.2) is 58.8 Å². The minimum atomic E-state index is -3.38. The third kappa shape index (κ3) is 6.55. The first-order valence-electron chi connectivity index (χ1n) is 7.16. The van der Waals surface area contributed by atoms with E-state index in [2.05, 4.69) is 5.32 Å². The van der Waals surface area contributed by atoms with E-state index in [0.29, 0.717) is 11.4 Å². The molecule has 130 valence electrons. The molecule has 1 rings (SSSR count). The van der Waals surface area contributed by atoms with Gasteiger partial charge in [0.2, 0.25) is 15.9 Å². The number of aryl methyl sites for hydroxylation is 1. The normalized spacial score (nSPS) is 11.5. The van der Waals surface area contributed by atoms with Gasteiger partial charge in [-0.2, -0.15) is 4.31 Å². The Labute approximate surface area is 137 Å². The minimum absolute atomic E-state index is 0.0495. The van der Waals surface area contributed by atoms with Gasteiger partial charge >= 0.3 is 0 Å². The molecule has 0 fully saturated rings. The molecule has 0 saturated carbocycles. The number of methoxy groups -OCH3 is 2. The molecule has 1 aromatic rings. The minimum Gasteiger partial charge on any atom is -0.495 e. The molecule has 0 aromatic heterocycles. The highest BCUT2D eigenvalue weighted by Crippen LogP contribution is 2.25. The average molecular weight is 344 g/mol. The molecule has 0 aliphatic rings. The number of hydrogen-bond donors (Lipinski definition) is 1. The number of sulfonamides is 1. The van der Waals surface area contributed by atoms with Crippen molar-refractivity contribution in [2.75, 3.05) is 45.5 Å². The maximum atomic E-state index is 12.1. The van der Waals surface area contributed by atoms with Gasteiger partial charge in [0, 0.05) is 26.6 Å². The lowest BCUT2D eigenvalue weighted by molar-refractivity contribution is -0.116. The van der Waals surface area contributed by atoms with Gasteiger partial charge in [0.25, 0.3) is 0 Å². The number of hydrogen-bond acceptors (Lipinski definition) is 5. The van der Waals surface area contributed by atoms with Gasteiger partial charge in [0.1, 0.15) is 5.75 Å². The average Bonchev–Trinajstić information content (AvgIpc) is 2.46. The van der Waals surface area contributed by atoms with E-state index in [0.717, 1.165) is 11.8 Å². The van der Waals surface area contributed by atoms with E-state index in [1.807, 2.05) is 13.0 Å². The van der Waals surface area contributed by atoms with E-state index < -0.39 is 10.0 Å². The van der Waals surface area contributed by atoms with Gasteiger partial charge < -0.3 is 14.8 Å². The maximum absolute atomic E-state index is 12.1. The van der Waals surface area contributed by atoms with E-state index in [4.69, 9.17) is 9.47 Å². The Kier molecular flexibility index (Phi) is 7.47. The Hall–Kier alpha value is -1.64. The van der Waals surface area contributed by atoms with Gasteiger partial charge in [0.15, 0.2) is 0 Å². The standard InChI is InChI=1S/C15H24N2O5S/c1-12-5-6-14(22-3)13(11-12)16-15(18)7-8-17(9-10-21-2)23(4,19)20/h5-6,11H,7-10H2,1-4H3,(H,16,18). The van der Waals surface area contributed by atoms with Crippen molar-refractivity contribution < 1.29 is 22.7 Å². The molecule has 8 heteroatoms. The summed E-state index contributed by atoms with van der Waals surface area (Å²) in [6.45, 7) is 2.50. The van der Waals surface area contributed by atoms with E-state index in [1.165, 1.54) is 18.5 Å². The molecule has 0 bridgehead atoms. The van der Waals surface area contributed by atoms with Crippen LogP contribution in [0.1, 0.15) is 12.0 Å². The molecule has 1 aromatic carbocycles. The SMILES string of the molecule is COCCN(CCC(=O)Nc1cc(C)ccc1OC)S(C)(=O)=O. The second-order valence-corrected chi connectivity index (χ2v) is 7.14. The van der Waals surface area contributed by atoms with Gasteiger partial charge in [-0.05, 0) is 24.6 Å². The van der Waals surface area contributed by atoms with Crippen LogP contribution >= 0.6 is 0 Å². The summed E-state index contributed by atoms with van der Waals surface area (Å²) in [6, 6.07) is 5.45. The lowest BCUT2D eigenvalue weighted by atomic mass is 10.2. The second kappa shape index (κ2) is 8.85. The highest BCUT2D eigenvalue weighted by atomic mass is 32.2. The molecule has 1 N–H and O–H groups in total. The van der Waals surface area contributed by atoms with Crippen LogP contribution in [0.5, 0.6) is 5.75 Å². The topological polar surface area (TPSA) is 84.9 Å². The third-order valence-corrected chi connectivity index (χ3v) is 4.53. The first kappa shape index (κ1) is 19.4. The smallest absolute Gasteiger partial charge is 0.225 e. The van der Waals surface area contributed by atoms with Crippen LogP contribution in [0.25, 0.3) is 0 Å². The van der Waals surface area contributed by atoms with Crippen molar-refractivity contribution in [2.45, 2.75) is 13.3 Å². The van der Waals surface area contributed by atoms with Crippen LogP contribution < -0.4 is 10.1 Å². The molecule has 23 heavy (non-hydrogen) atoms. The number of rotatable bonds is 9. The van der Waals surface area contributed by atoms with Crippen molar-refractivity contribution in [3.05, 3.63) is 23.8 Å². The molecule has 0 aliphatic carbocycles. The highest BCUT2D eigenvalue weighted by Gasteiger charge is 2.18. The molecule has 1 amide bonds. The summed E-state index contributed by atoms with van der Waals surface area (Å²) in [7, 11) is -0.355. The number of nitrogens with one attached hydrogen (secondary N) is 1. The van der Waals surface area contributed by atoms with Crippen molar-refractivity contribution in [3.8, 4) is 5.75 Å². The summed E-state index contributed by atoms with van der Waals surface area (Å²) < 4.78 is 34.7. The molecule has 0 atom stereocenters. The molecule has 0 aliphatic heterocycles. The Morgan fingerprint density at radius 3 is 2.52 bits per heavy atom. The third-order valence-electron chi connectivity index (χ3n) is 3.23. The Balaban J connectivity index is 2.67. The fourth-order valence-corrected chi connectivity index (χ4v) is 2.82. The van der Waals surface area contributed by atoms with Crippen LogP contribution in [-0.2, 0) is 19.6 Å². The van der Waals surface area contributed by atoms with Crippen LogP contribution in [0, 0.1) is 6.92 Å². The first-order valence-corrected chi connectivity index (χ1v) is 9.01. The molecular weight excluding hydrogens is 320 g/mol. The largest absolute Gasteiger partial charge is 0.495 e. The summed E-state index contributed by atoms with van der Waals surface area (Å²) in [5.74, 6) is 0.281. The zero-order chi connectivity index (χ0) is 17.5. The molecule has 0 spiro atoms. The van der Waals surface area contributed by atoms with Crippen molar-refractivity contribution in [2.24, 2.45) is 0 Å². The highest BCUT2D eigenvalue weighted by molar-refractivity contribution is 7.88. The molecule has 0 radical (unpaired) electrons. The zero-order valence-corrected chi connectivity index (χ0v) is 14.8. The number of carbonyl (C=O) groups excluding carboxylic acids is 1. The van der Waals surface area contributed by atoms with Crippen LogP contribution in [0.15, 0.2) is 18.2 Å². The molecule has 7 nitrogen and oxygen atoms in total. The zero-order valence-electron chi connectivity index (χ0n) is 14.0. The van der Waals surface area contributed by atoms with E-state index in [9.17, 15) is 13.2 Å². The van der Waals surface area contributed by atoms with Crippen molar-refractivity contribution >= 4 is 21.6 Å². The fraction of sp³-hybridized carbons (Fsp3) is 0.533. The molecule has 0 unspecified atom stereocenters. The van der Waals surface area contributed by atoms with Crippen LogP contribution in [0.2, 0.25) is 0 Å². The van der Waals surface area contributed by atoms with Crippen LogP contribution in [0.4, 0.5) is 5.69 Å². The molecular formula is C15H24N2O5S. The van der Waals surface area contributed by atoms with Crippen molar-refractivity contribution in [1.29, 1.82) is 0 Å².